The Kier molecular flexibility index (Phi) is 15.5. The van der Waals surface area contributed by atoms with Crippen LogP contribution in [0.2, 0.25) is 0 Å². The molecule has 0 spiro atoms. The molecule has 274 valence electrons. The van der Waals surface area contributed by atoms with E-state index in [0.717, 1.165) is 6.42 Å². The molecule has 0 aromatic rings. The normalized spacial score (nSPS) is 16.8. The summed E-state index contributed by atoms with van der Waals surface area (Å²) in [6, 6.07) is 0. The lowest BCUT2D eigenvalue weighted by molar-refractivity contribution is -0.147. The van der Waals surface area contributed by atoms with E-state index >= 15 is 0 Å². The third-order valence-electron chi connectivity index (χ3n) is 8.79. The van der Waals surface area contributed by atoms with Crippen LogP contribution in [0.15, 0.2) is 0 Å². The third kappa shape index (κ3) is 16.0. The molecule has 2 amide bonds. The van der Waals surface area contributed by atoms with E-state index in [1.54, 1.807) is 0 Å². The van der Waals surface area contributed by atoms with Gasteiger partial charge in [-0.1, -0.05) is 82.6 Å². The fourth-order valence-electron chi connectivity index (χ4n) is 5.57. The van der Waals surface area contributed by atoms with E-state index in [2.05, 4.69) is 9.63 Å². The standard InChI is InChI=1S/C30H62N2O11P2S/c1-14-15-16-32(17-18-44(35,36)43-45(37,38)39)25(34)23(19-26(2,3)4)30(12,13)28(8,9)20-22(27(5,6)7)24(33)31-29(10,11)21-46(40,41)42/h22-23H,14-21H2,1-13H3,(H,31,33)(H,35,36)(H2,37,38,39)(H,40,41,42). The first kappa shape index (κ1) is 45.2. The second-order valence-electron chi connectivity index (χ2n) is 16.8. The molecule has 3 unspecified atom stereocenters. The first-order valence-electron chi connectivity index (χ1n) is 15.7. The summed E-state index contributed by atoms with van der Waals surface area (Å²) in [4.78, 5) is 57.9. The Morgan fingerprint density at radius 3 is 1.74 bits per heavy atom. The zero-order chi connectivity index (χ0) is 37.0. The quantitative estimate of drug-likeness (QED) is 0.0838. The fraction of sp³-hybridized carbons (Fsp3) is 0.933. The highest BCUT2D eigenvalue weighted by Crippen LogP contribution is 2.57. The van der Waals surface area contributed by atoms with Gasteiger partial charge in [0.2, 0.25) is 11.8 Å². The maximum atomic E-state index is 14.5. The van der Waals surface area contributed by atoms with Crippen LogP contribution in [-0.2, 0) is 33.1 Å². The smallest absolute Gasteiger partial charge is 0.350 e. The maximum Gasteiger partial charge on any atom is 0.476 e. The highest BCUT2D eigenvalue weighted by Gasteiger charge is 2.51. The molecule has 0 aromatic carbocycles. The van der Waals surface area contributed by atoms with Crippen molar-refractivity contribution in [1.29, 1.82) is 0 Å². The number of amides is 2. The number of carbonyl (C=O) groups excluding carboxylic acids is 2. The van der Waals surface area contributed by atoms with Crippen molar-refractivity contribution >= 4 is 37.4 Å². The second kappa shape index (κ2) is 15.8. The molecule has 0 fully saturated rings. The molecule has 0 heterocycles. The molecule has 0 aromatic heterocycles. The first-order valence-corrected chi connectivity index (χ1v) is 20.6. The molecule has 0 bridgehead atoms. The Morgan fingerprint density at radius 2 is 1.35 bits per heavy atom. The molecule has 0 saturated carbocycles. The van der Waals surface area contributed by atoms with Crippen molar-refractivity contribution in [3.05, 3.63) is 0 Å². The van der Waals surface area contributed by atoms with E-state index < -0.39 is 71.1 Å². The minimum absolute atomic E-state index is 0.250. The van der Waals surface area contributed by atoms with Crippen LogP contribution in [0.3, 0.4) is 0 Å². The lowest BCUT2D eigenvalue weighted by Gasteiger charge is -2.51. The van der Waals surface area contributed by atoms with Crippen LogP contribution in [0.4, 0.5) is 0 Å². The predicted molar refractivity (Wildman–Crippen MR) is 181 cm³/mol. The van der Waals surface area contributed by atoms with Gasteiger partial charge in [0.1, 0.15) is 0 Å². The summed E-state index contributed by atoms with van der Waals surface area (Å²) >= 11 is 0. The van der Waals surface area contributed by atoms with E-state index in [9.17, 15) is 36.6 Å². The SMILES string of the molecule is CCCCN(CCP(=O)(O)OP(=O)(O)O)C(=O)C(CC(C)(C)C)C(C)(C)C(C)(C)CC(C(=O)NC(C)(C)CS(=O)(=O)O)C(C)(C)C. The molecule has 5 N–H and O–H groups in total. The Morgan fingerprint density at radius 1 is 0.848 bits per heavy atom. The first-order chi connectivity index (χ1) is 20.1. The maximum absolute atomic E-state index is 14.5. The molecule has 13 nitrogen and oxygen atoms in total. The summed E-state index contributed by atoms with van der Waals surface area (Å²) in [5.41, 5.74) is -3.56. The van der Waals surface area contributed by atoms with Crippen LogP contribution in [0.25, 0.3) is 0 Å². The van der Waals surface area contributed by atoms with Crippen LogP contribution >= 0.6 is 15.4 Å². The average Bonchev–Trinajstić information content (AvgIpc) is 2.75. The number of phosphoric acid groups is 1. The van der Waals surface area contributed by atoms with Gasteiger partial charge in [-0.2, -0.15) is 8.42 Å². The van der Waals surface area contributed by atoms with Crippen LogP contribution in [0, 0.1) is 33.5 Å². The molecular formula is C30H62N2O11P2S. The Balaban J connectivity index is 6.70. The van der Waals surface area contributed by atoms with E-state index in [-0.39, 0.29) is 30.3 Å². The largest absolute Gasteiger partial charge is 0.476 e. The van der Waals surface area contributed by atoms with Crippen molar-refractivity contribution in [2.24, 2.45) is 33.5 Å². The molecular weight excluding hydrogens is 658 g/mol. The van der Waals surface area contributed by atoms with Crippen LogP contribution in [0.5, 0.6) is 0 Å². The molecule has 0 aliphatic rings. The Hall–Kier alpha value is -0.850. The van der Waals surface area contributed by atoms with E-state index in [4.69, 9.17) is 9.79 Å². The molecule has 3 atom stereocenters. The number of hydrogen-bond donors (Lipinski definition) is 5. The highest BCUT2D eigenvalue weighted by molar-refractivity contribution is 7.85. The summed E-state index contributed by atoms with van der Waals surface area (Å²) in [5, 5.41) is 2.80. The van der Waals surface area contributed by atoms with Gasteiger partial charge in [-0.05, 0) is 54.8 Å². The number of nitrogens with zero attached hydrogens (tertiary/aromatic N) is 1. The van der Waals surface area contributed by atoms with Crippen molar-refractivity contribution in [2.45, 2.75) is 121 Å². The molecule has 0 rings (SSSR count). The topological polar surface area (TPSA) is 208 Å². The zero-order valence-corrected chi connectivity index (χ0v) is 32.8. The monoisotopic (exact) mass is 720 g/mol. The van der Waals surface area contributed by atoms with Crippen LogP contribution in [-0.4, -0.2) is 74.9 Å². The van der Waals surface area contributed by atoms with Crippen molar-refractivity contribution in [3.8, 4) is 0 Å². The van der Waals surface area contributed by atoms with E-state index in [0.29, 0.717) is 19.3 Å². The summed E-state index contributed by atoms with van der Waals surface area (Å²) < 4.78 is 60.4. The van der Waals surface area contributed by atoms with Crippen molar-refractivity contribution < 1.29 is 50.7 Å². The number of rotatable bonds is 18. The number of carbonyl (C=O) groups is 2. The van der Waals surface area contributed by atoms with Gasteiger partial charge in [-0.3, -0.25) is 18.7 Å². The van der Waals surface area contributed by atoms with Gasteiger partial charge < -0.3 is 24.9 Å². The zero-order valence-electron chi connectivity index (χ0n) is 30.2. The predicted octanol–water partition coefficient (Wildman–Crippen LogP) is 5.85. The summed E-state index contributed by atoms with van der Waals surface area (Å²) in [5.74, 6) is -2.55. The Labute approximate surface area is 277 Å². The number of hydrogen-bond acceptors (Lipinski definition) is 7. The summed E-state index contributed by atoms with van der Waals surface area (Å²) in [7, 11) is -14.3. The van der Waals surface area contributed by atoms with Gasteiger partial charge in [0.05, 0.1) is 17.5 Å². The minimum Gasteiger partial charge on any atom is -0.350 e. The van der Waals surface area contributed by atoms with Crippen molar-refractivity contribution in [3.63, 3.8) is 0 Å². The van der Waals surface area contributed by atoms with Gasteiger partial charge in [-0.15, -0.1) is 0 Å². The van der Waals surface area contributed by atoms with Gasteiger partial charge >= 0.3 is 15.4 Å². The Bertz CT molecular complexity index is 1250. The average molecular weight is 721 g/mol. The van der Waals surface area contributed by atoms with Gasteiger partial charge in [-0.25, -0.2) is 8.88 Å². The lowest BCUT2D eigenvalue weighted by atomic mass is 9.54. The fourth-order valence-corrected chi connectivity index (χ4v) is 8.70. The molecule has 0 saturated heterocycles. The van der Waals surface area contributed by atoms with E-state index in [1.165, 1.54) is 18.7 Å². The second-order valence-corrected chi connectivity index (χ2v) is 21.6. The minimum atomic E-state index is -5.24. The highest BCUT2D eigenvalue weighted by atomic mass is 32.2. The van der Waals surface area contributed by atoms with Gasteiger partial charge in [0.25, 0.3) is 10.1 Å². The van der Waals surface area contributed by atoms with Gasteiger partial charge in [0, 0.05) is 24.9 Å². The molecule has 0 aliphatic carbocycles. The van der Waals surface area contributed by atoms with Crippen LogP contribution in [0.1, 0.15) is 116 Å². The van der Waals surface area contributed by atoms with Gasteiger partial charge in [0.15, 0.2) is 0 Å². The van der Waals surface area contributed by atoms with Crippen molar-refractivity contribution in [1.82, 2.24) is 10.2 Å². The molecule has 46 heavy (non-hydrogen) atoms. The number of nitrogens with one attached hydrogen (secondary N) is 1. The summed E-state index contributed by atoms with van der Waals surface area (Å²) in [6.07, 6.45) is 1.43. The summed E-state index contributed by atoms with van der Waals surface area (Å²) in [6.45, 7) is 24.6. The van der Waals surface area contributed by atoms with E-state index in [1.807, 2.05) is 76.2 Å². The van der Waals surface area contributed by atoms with Crippen molar-refractivity contribution in [2.75, 3.05) is 25.0 Å². The molecule has 0 aliphatic heterocycles. The molecule has 16 heteroatoms. The third-order valence-corrected chi connectivity index (χ3v) is 12.5. The van der Waals surface area contributed by atoms with Crippen LogP contribution < -0.4 is 5.32 Å². The molecule has 0 radical (unpaired) electrons. The lowest BCUT2D eigenvalue weighted by Crippen LogP contribution is -2.54. The number of unbranched alkanes of at least 4 members (excludes halogenated alkanes) is 1.